The summed E-state index contributed by atoms with van der Waals surface area (Å²) in [6.07, 6.45) is 3.58. The van der Waals surface area contributed by atoms with Crippen molar-refractivity contribution in [1.29, 1.82) is 0 Å². The Morgan fingerprint density at radius 3 is 2.45 bits per heavy atom. The molecule has 1 aliphatic carbocycles. The minimum Gasteiger partial charge on any atom is -0.495 e. The molecular formula is C17H17ClN2OS. The van der Waals surface area contributed by atoms with E-state index in [9.17, 15) is 0 Å². The minimum absolute atomic E-state index is 0.541. The van der Waals surface area contributed by atoms with Crippen LogP contribution < -0.4 is 15.4 Å². The molecule has 114 valence electrons. The summed E-state index contributed by atoms with van der Waals surface area (Å²) in [6.45, 7) is 0. The zero-order valence-corrected chi connectivity index (χ0v) is 13.9. The molecule has 2 aromatic rings. The molecular weight excluding hydrogens is 316 g/mol. The maximum Gasteiger partial charge on any atom is 0.175 e. The summed E-state index contributed by atoms with van der Waals surface area (Å²) in [6, 6.07) is 11.9. The molecule has 0 fully saturated rings. The number of thiocarbonyl (C=S) groups is 1. The maximum atomic E-state index is 6.11. The zero-order valence-electron chi connectivity index (χ0n) is 12.3. The summed E-state index contributed by atoms with van der Waals surface area (Å²) in [4.78, 5) is 0. The van der Waals surface area contributed by atoms with Crippen molar-refractivity contribution in [3.05, 3.63) is 52.5 Å². The molecule has 3 rings (SSSR count). The average molecular weight is 333 g/mol. The van der Waals surface area contributed by atoms with Gasteiger partial charge in [-0.3, -0.25) is 0 Å². The lowest BCUT2D eigenvalue weighted by Gasteiger charge is -2.12. The van der Waals surface area contributed by atoms with Gasteiger partial charge in [-0.2, -0.15) is 0 Å². The molecule has 2 aromatic carbocycles. The predicted molar refractivity (Wildman–Crippen MR) is 96.3 cm³/mol. The van der Waals surface area contributed by atoms with Crippen LogP contribution in [0.15, 0.2) is 36.4 Å². The van der Waals surface area contributed by atoms with E-state index in [0.29, 0.717) is 15.9 Å². The zero-order chi connectivity index (χ0) is 15.5. The van der Waals surface area contributed by atoms with E-state index in [1.807, 2.05) is 12.1 Å². The third-order valence-electron chi connectivity index (χ3n) is 3.77. The molecule has 0 heterocycles. The Balaban J connectivity index is 1.66. The highest BCUT2D eigenvalue weighted by Gasteiger charge is 2.11. The number of rotatable bonds is 3. The number of nitrogens with one attached hydrogen (secondary N) is 2. The highest BCUT2D eigenvalue weighted by atomic mass is 35.5. The normalized spacial score (nSPS) is 12.6. The first-order chi connectivity index (χ1) is 10.7. The number of ether oxygens (including phenoxy) is 1. The molecule has 0 bridgehead atoms. The van der Waals surface area contributed by atoms with Gasteiger partial charge in [0.05, 0.1) is 12.1 Å². The number of hydrogen-bond acceptors (Lipinski definition) is 2. The van der Waals surface area contributed by atoms with Crippen LogP contribution in [0.2, 0.25) is 5.02 Å². The maximum absolute atomic E-state index is 6.11. The van der Waals surface area contributed by atoms with Gasteiger partial charge in [0.2, 0.25) is 0 Å². The topological polar surface area (TPSA) is 33.3 Å². The monoisotopic (exact) mass is 332 g/mol. The standard InChI is InChI=1S/C17H17ClN2OS/c1-21-16-8-7-14(10-15(16)18)20-17(22)19-13-6-5-11-3-2-4-12(11)9-13/h5-10H,2-4H2,1H3,(H2,19,20,22). The van der Waals surface area contributed by atoms with Crippen LogP contribution in [-0.4, -0.2) is 12.2 Å². The van der Waals surface area contributed by atoms with Crippen molar-refractivity contribution in [2.75, 3.05) is 17.7 Å². The summed E-state index contributed by atoms with van der Waals surface area (Å²) in [5.41, 5.74) is 4.70. The second-order valence-electron chi connectivity index (χ2n) is 5.27. The van der Waals surface area contributed by atoms with Crippen LogP contribution in [0.3, 0.4) is 0 Å². The van der Waals surface area contributed by atoms with Crippen molar-refractivity contribution in [3.63, 3.8) is 0 Å². The van der Waals surface area contributed by atoms with Gasteiger partial charge in [-0.15, -0.1) is 0 Å². The van der Waals surface area contributed by atoms with E-state index in [1.165, 1.54) is 24.0 Å². The van der Waals surface area contributed by atoms with Crippen LogP contribution in [0.1, 0.15) is 17.5 Å². The van der Waals surface area contributed by atoms with Crippen LogP contribution in [0.25, 0.3) is 0 Å². The number of anilines is 2. The van der Waals surface area contributed by atoms with Crippen LogP contribution in [-0.2, 0) is 12.8 Å². The molecule has 0 saturated carbocycles. The first-order valence-corrected chi connectivity index (χ1v) is 7.97. The second-order valence-corrected chi connectivity index (χ2v) is 6.08. The van der Waals surface area contributed by atoms with Crippen LogP contribution in [0.4, 0.5) is 11.4 Å². The summed E-state index contributed by atoms with van der Waals surface area (Å²) < 4.78 is 5.14. The molecule has 0 unspecified atom stereocenters. The van der Waals surface area contributed by atoms with Crippen molar-refractivity contribution in [2.24, 2.45) is 0 Å². The van der Waals surface area contributed by atoms with E-state index in [-0.39, 0.29) is 0 Å². The van der Waals surface area contributed by atoms with Crippen molar-refractivity contribution >= 4 is 40.3 Å². The molecule has 22 heavy (non-hydrogen) atoms. The van der Waals surface area contributed by atoms with Crippen LogP contribution >= 0.6 is 23.8 Å². The van der Waals surface area contributed by atoms with Gasteiger partial charge in [0, 0.05) is 11.4 Å². The fourth-order valence-corrected chi connectivity index (χ4v) is 3.18. The summed E-state index contributed by atoms with van der Waals surface area (Å²) >= 11 is 11.5. The smallest absolute Gasteiger partial charge is 0.175 e. The van der Waals surface area contributed by atoms with Crippen molar-refractivity contribution < 1.29 is 4.74 Å². The summed E-state index contributed by atoms with van der Waals surface area (Å²) in [5.74, 6) is 0.643. The second kappa shape index (κ2) is 6.55. The molecule has 0 spiro atoms. The molecule has 2 N–H and O–H groups in total. The van der Waals surface area contributed by atoms with Gasteiger partial charge >= 0.3 is 0 Å². The summed E-state index contributed by atoms with van der Waals surface area (Å²) in [7, 11) is 1.59. The quantitative estimate of drug-likeness (QED) is 0.802. The Kier molecular flexibility index (Phi) is 4.50. The lowest BCUT2D eigenvalue weighted by atomic mass is 10.1. The Hall–Kier alpha value is -1.78. The molecule has 0 aliphatic heterocycles. The van der Waals surface area contributed by atoms with E-state index < -0.39 is 0 Å². The fraction of sp³-hybridized carbons (Fsp3) is 0.235. The number of aryl methyl sites for hydroxylation is 2. The largest absolute Gasteiger partial charge is 0.495 e. The molecule has 0 atom stereocenters. The average Bonchev–Trinajstić information content (AvgIpc) is 2.95. The van der Waals surface area contributed by atoms with Crippen LogP contribution in [0, 0.1) is 0 Å². The summed E-state index contributed by atoms with van der Waals surface area (Å²) in [5, 5.41) is 7.43. The Morgan fingerprint density at radius 1 is 1.05 bits per heavy atom. The molecule has 3 nitrogen and oxygen atoms in total. The van der Waals surface area contributed by atoms with Gasteiger partial charge in [0.1, 0.15) is 5.75 Å². The van der Waals surface area contributed by atoms with Gasteiger partial charge < -0.3 is 15.4 Å². The van der Waals surface area contributed by atoms with E-state index in [0.717, 1.165) is 17.8 Å². The number of hydrogen-bond donors (Lipinski definition) is 2. The van der Waals surface area contributed by atoms with Gasteiger partial charge in [-0.05, 0) is 72.9 Å². The van der Waals surface area contributed by atoms with Crippen molar-refractivity contribution in [2.45, 2.75) is 19.3 Å². The Labute approximate surface area is 140 Å². The first kappa shape index (κ1) is 15.1. The number of benzene rings is 2. The molecule has 1 aliphatic rings. The van der Waals surface area contributed by atoms with Gasteiger partial charge in [0.15, 0.2) is 5.11 Å². The number of fused-ring (bicyclic) bond motifs is 1. The minimum atomic E-state index is 0.541. The van der Waals surface area contributed by atoms with E-state index in [4.69, 9.17) is 28.6 Å². The molecule has 0 aromatic heterocycles. The van der Waals surface area contributed by atoms with E-state index in [1.54, 1.807) is 13.2 Å². The van der Waals surface area contributed by atoms with Crippen molar-refractivity contribution in [1.82, 2.24) is 0 Å². The Bertz CT molecular complexity index is 718. The highest BCUT2D eigenvalue weighted by molar-refractivity contribution is 7.80. The first-order valence-electron chi connectivity index (χ1n) is 7.19. The third kappa shape index (κ3) is 3.34. The number of halogens is 1. The molecule has 0 saturated heterocycles. The van der Waals surface area contributed by atoms with Gasteiger partial charge in [-0.1, -0.05) is 17.7 Å². The molecule has 0 radical (unpaired) electrons. The highest BCUT2D eigenvalue weighted by Crippen LogP contribution is 2.28. The van der Waals surface area contributed by atoms with Crippen LogP contribution in [0.5, 0.6) is 5.75 Å². The third-order valence-corrected chi connectivity index (χ3v) is 4.27. The molecule has 5 heteroatoms. The fourth-order valence-electron chi connectivity index (χ4n) is 2.69. The van der Waals surface area contributed by atoms with Gasteiger partial charge in [0.25, 0.3) is 0 Å². The van der Waals surface area contributed by atoms with Crippen molar-refractivity contribution in [3.8, 4) is 5.75 Å². The Morgan fingerprint density at radius 2 is 1.73 bits per heavy atom. The van der Waals surface area contributed by atoms with E-state index >= 15 is 0 Å². The van der Waals surface area contributed by atoms with Gasteiger partial charge in [-0.25, -0.2) is 0 Å². The van der Waals surface area contributed by atoms with E-state index in [2.05, 4.69) is 28.8 Å². The SMILES string of the molecule is COc1ccc(NC(=S)Nc2ccc3c(c2)CCC3)cc1Cl. The lowest BCUT2D eigenvalue weighted by Crippen LogP contribution is -2.19. The predicted octanol–water partition coefficient (Wildman–Crippen LogP) is 4.65. The molecule has 0 amide bonds. The number of methoxy groups -OCH3 is 1. The lowest BCUT2D eigenvalue weighted by molar-refractivity contribution is 0.415.